The summed E-state index contributed by atoms with van der Waals surface area (Å²) in [6.07, 6.45) is 1.18. The van der Waals surface area contributed by atoms with Crippen LogP contribution < -0.4 is 0 Å². The molecule has 0 aromatic heterocycles. The number of nitrogens with zero attached hydrogens (tertiary/aromatic N) is 1. The van der Waals surface area contributed by atoms with Gasteiger partial charge in [-0.3, -0.25) is 9.59 Å². The molecule has 20 heavy (non-hydrogen) atoms. The van der Waals surface area contributed by atoms with E-state index < -0.39 is 5.97 Å². The smallest absolute Gasteiger partial charge is 0.323 e. The van der Waals surface area contributed by atoms with E-state index in [1.807, 2.05) is 38.1 Å². The van der Waals surface area contributed by atoms with E-state index in [2.05, 4.69) is 6.92 Å². The second-order valence-corrected chi connectivity index (χ2v) is 5.41. The van der Waals surface area contributed by atoms with Crippen LogP contribution in [-0.4, -0.2) is 35.0 Å². The predicted molar refractivity (Wildman–Crippen MR) is 78.6 cm³/mol. The molecule has 0 bridgehead atoms. The van der Waals surface area contributed by atoms with Crippen LogP contribution in [0.15, 0.2) is 24.3 Å². The van der Waals surface area contributed by atoms with Gasteiger partial charge in [0.2, 0.25) is 5.91 Å². The summed E-state index contributed by atoms with van der Waals surface area (Å²) in [6, 6.07) is 7.88. The van der Waals surface area contributed by atoms with Crippen molar-refractivity contribution in [3.8, 4) is 0 Å². The fraction of sp³-hybridized carbons (Fsp3) is 0.500. The third kappa shape index (κ3) is 5.43. The molecule has 0 saturated heterocycles. The fourth-order valence-electron chi connectivity index (χ4n) is 2.10. The summed E-state index contributed by atoms with van der Waals surface area (Å²) in [5, 5.41) is 8.90. The second kappa shape index (κ2) is 7.68. The number of carbonyl (C=O) groups is 2. The topological polar surface area (TPSA) is 57.6 Å². The van der Waals surface area contributed by atoms with Crippen molar-refractivity contribution in [1.29, 1.82) is 0 Å². The minimum atomic E-state index is -0.971. The number of hydrogen-bond acceptors (Lipinski definition) is 2. The highest BCUT2D eigenvalue weighted by molar-refractivity contribution is 5.83. The van der Waals surface area contributed by atoms with Gasteiger partial charge in [0, 0.05) is 6.54 Å². The first-order valence-electron chi connectivity index (χ1n) is 6.99. The lowest BCUT2D eigenvalue weighted by atomic mass is 10.1. The standard InChI is InChI=1S/C16H23NO3/c1-4-13-6-5-7-14(8-13)9-15(18)17(10-12(2)3)11-16(19)20/h5-8,12H,4,9-11H2,1-3H3,(H,19,20). The molecule has 4 heteroatoms. The van der Waals surface area contributed by atoms with Gasteiger partial charge in [-0.1, -0.05) is 45.0 Å². The molecule has 0 saturated carbocycles. The Bertz CT molecular complexity index is 469. The van der Waals surface area contributed by atoms with Gasteiger partial charge >= 0.3 is 5.97 Å². The summed E-state index contributed by atoms with van der Waals surface area (Å²) in [6.45, 7) is 6.25. The molecule has 0 spiro atoms. The van der Waals surface area contributed by atoms with Crippen LogP contribution in [0.4, 0.5) is 0 Å². The zero-order valence-corrected chi connectivity index (χ0v) is 12.4. The highest BCUT2D eigenvalue weighted by Gasteiger charge is 2.18. The molecular formula is C16H23NO3. The van der Waals surface area contributed by atoms with Crippen LogP contribution in [0, 0.1) is 5.92 Å². The summed E-state index contributed by atoms with van der Waals surface area (Å²) in [7, 11) is 0. The van der Waals surface area contributed by atoms with Crippen molar-refractivity contribution in [2.75, 3.05) is 13.1 Å². The minimum Gasteiger partial charge on any atom is -0.480 e. The van der Waals surface area contributed by atoms with Crippen LogP contribution >= 0.6 is 0 Å². The summed E-state index contributed by atoms with van der Waals surface area (Å²) < 4.78 is 0. The van der Waals surface area contributed by atoms with Crippen LogP contribution in [-0.2, 0) is 22.4 Å². The molecule has 110 valence electrons. The molecule has 0 aliphatic carbocycles. The van der Waals surface area contributed by atoms with E-state index in [4.69, 9.17) is 5.11 Å². The molecular weight excluding hydrogens is 254 g/mol. The lowest BCUT2D eigenvalue weighted by Crippen LogP contribution is -2.39. The van der Waals surface area contributed by atoms with Crippen molar-refractivity contribution in [3.63, 3.8) is 0 Å². The average Bonchev–Trinajstić information content (AvgIpc) is 2.37. The highest BCUT2D eigenvalue weighted by atomic mass is 16.4. The van der Waals surface area contributed by atoms with Crippen molar-refractivity contribution in [2.24, 2.45) is 5.92 Å². The number of carbonyl (C=O) groups excluding carboxylic acids is 1. The summed E-state index contributed by atoms with van der Waals surface area (Å²) in [5.41, 5.74) is 2.12. The molecule has 0 unspecified atom stereocenters. The van der Waals surface area contributed by atoms with Crippen LogP contribution in [0.25, 0.3) is 0 Å². The Morgan fingerprint density at radius 1 is 1.25 bits per heavy atom. The number of aryl methyl sites for hydroxylation is 1. The summed E-state index contributed by atoms with van der Waals surface area (Å²) >= 11 is 0. The van der Waals surface area contributed by atoms with Crippen LogP contribution in [0.1, 0.15) is 31.9 Å². The van der Waals surface area contributed by atoms with Crippen LogP contribution in [0.2, 0.25) is 0 Å². The van der Waals surface area contributed by atoms with Crippen molar-refractivity contribution in [1.82, 2.24) is 4.90 Å². The lowest BCUT2D eigenvalue weighted by molar-refractivity contribution is -0.144. The van der Waals surface area contributed by atoms with Gasteiger partial charge in [-0.05, 0) is 23.5 Å². The third-order valence-electron chi connectivity index (χ3n) is 3.02. The maximum Gasteiger partial charge on any atom is 0.323 e. The highest BCUT2D eigenvalue weighted by Crippen LogP contribution is 2.09. The zero-order valence-electron chi connectivity index (χ0n) is 12.4. The predicted octanol–water partition coefficient (Wildman–Crippen LogP) is 2.36. The first kappa shape index (κ1) is 16.2. The molecule has 0 atom stereocenters. The SMILES string of the molecule is CCc1cccc(CC(=O)N(CC(=O)O)CC(C)C)c1. The molecule has 0 heterocycles. The Morgan fingerprint density at radius 3 is 2.45 bits per heavy atom. The van der Waals surface area contributed by atoms with Gasteiger partial charge in [0.25, 0.3) is 0 Å². The van der Waals surface area contributed by atoms with Gasteiger partial charge < -0.3 is 10.0 Å². The second-order valence-electron chi connectivity index (χ2n) is 5.41. The van der Waals surface area contributed by atoms with E-state index in [0.29, 0.717) is 6.54 Å². The molecule has 1 rings (SSSR count). The monoisotopic (exact) mass is 277 g/mol. The lowest BCUT2D eigenvalue weighted by Gasteiger charge is -2.22. The Labute approximate surface area is 120 Å². The van der Waals surface area contributed by atoms with Crippen LogP contribution in [0.3, 0.4) is 0 Å². The molecule has 4 nitrogen and oxygen atoms in total. The zero-order chi connectivity index (χ0) is 15.1. The molecule has 1 amide bonds. The average molecular weight is 277 g/mol. The number of amides is 1. The van der Waals surface area contributed by atoms with Crippen molar-refractivity contribution >= 4 is 11.9 Å². The summed E-state index contributed by atoms with van der Waals surface area (Å²) in [5.74, 6) is -0.851. The van der Waals surface area contributed by atoms with Gasteiger partial charge in [-0.2, -0.15) is 0 Å². The summed E-state index contributed by atoms with van der Waals surface area (Å²) in [4.78, 5) is 24.5. The first-order chi connectivity index (χ1) is 9.42. The van der Waals surface area contributed by atoms with E-state index >= 15 is 0 Å². The van der Waals surface area contributed by atoms with Gasteiger partial charge in [-0.15, -0.1) is 0 Å². The number of benzene rings is 1. The number of rotatable bonds is 7. The van der Waals surface area contributed by atoms with Crippen molar-refractivity contribution in [2.45, 2.75) is 33.6 Å². The van der Waals surface area contributed by atoms with Gasteiger partial charge in [0.1, 0.15) is 6.54 Å². The van der Waals surface area contributed by atoms with E-state index in [9.17, 15) is 9.59 Å². The van der Waals surface area contributed by atoms with Gasteiger partial charge in [0.15, 0.2) is 0 Å². The van der Waals surface area contributed by atoms with Gasteiger partial charge in [-0.25, -0.2) is 0 Å². The van der Waals surface area contributed by atoms with E-state index in [1.165, 1.54) is 10.5 Å². The Hall–Kier alpha value is -1.84. The number of hydrogen-bond donors (Lipinski definition) is 1. The first-order valence-corrected chi connectivity index (χ1v) is 6.99. The van der Waals surface area contributed by atoms with E-state index in [1.54, 1.807) is 0 Å². The number of carboxylic acid groups (broad SMARTS) is 1. The number of carboxylic acids is 1. The van der Waals surface area contributed by atoms with E-state index in [0.717, 1.165) is 12.0 Å². The largest absolute Gasteiger partial charge is 0.480 e. The Morgan fingerprint density at radius 2 is 1.90 bits per heavy atom. The van der Waals surface area contributed by atoms with Gasteiger partial charge in [0.05, 0.1) is 6.42 Å². The molecule has 1 aromatic carbocycles. The molecule has 0 aliphatic heterocycles. The minimum absolute atomic E-state index is 0.130. The normalized spacial score (nSPS) is 10.6. The Balaban J connectivity index is 2.75. The molecule has 1 aromatic rings. The Kier molecular flexibility index (Phi) is 6.22. The van der Waals surface area contributed by atoms with Crippen molar-refractivity contribution in [3.05, 3.63) is 35.4 Å². The molecule has 0 fully saturated rings. The van der Waals surface area contributed by atoms with E-state index in [-0.39, 0.29) is 24.8 Å². The quantitative estimate of drug-likeness (QED) is 0.832. The molecule has 0 aliphatic rings. The molecule has 1 N–H and O–H groups in total. The third-order valence-corrected chi connectivity index (χ3v) is 3.02. The molecule has 0 radical (unpaired) electrons. The number of aliphatic carboxylic acids is 1. The maximum absolute atomic E-state index is 12.2. The van der Waals surface area contributed by atoms with Crippen molar-refractivity contribution < 1.29 is 14.7 Å². The fourth-order valence-corrected chi connectivity index (χ4v) is 2.10. The maximum atomic E-state index is 12.2. The van der Waals surface area contributed by atoms with Crippen LogP contribution in [0.5, 0.6) is 0 Å².